The minimum absolute atomic E-state index is 0.00535. The zero-order chi connectivity index (χ0) is 21.8. The van der Waals surface area contributed by atoms with Crippen LogP contribution in [0, 0.1) is 11.7 Å². The second kappa shape index (κ2) is 9.24. The molecule has 8 heteroatoms. The number of nitrogens with zero attached hydrogens (tertiary/aromatic N) is 1. The Labute approximate surface area is 179 Å². The van der Waals surface area contributed by atoms with Crippen LogP contribution in [0.2, 0.25) is 0 Å². The molecule has 4 rings (SSSR count). The molecular formula is C23H25FN4O3. The Kier molecular flexibility index (Phi) is 6.25. The highest BCUT2D eigenvalue weighted by Crippen LogP contribution is 2.25. The highest BCUT2D eigenvalue weighted by Gasteiger charge is 2.31. The number of carbonyl (C=O) groups is 3. The van der Waals surface area contributed by atoms with E-state index in [9.17, 15) is 18.8 Å². The number of aromatic nitrogens is 1. The highest BCUT2D eigenvalue weighted by molar-refractivity contribution is 5.94. The first-order valence-corrected chi connectivity index (χ1v) is 10.6. The van der Waals surface area contributed by atoms with E-state index >= 15 is 0 Å². The zero-order valence-electron chi connectivity index (χ0n) is 17.1. The van der Waals surface area contributed by atoms with Gasteiger partial charge in [-0.3, -0.25) is 19.4 Å². The van der Waals surface area contributed by atoms with E-state index < -0.39 is 6.04 Å². The van der Waals surface area contributed by atoms with Crippen LogP contribution < -0.4 is 16.0 Å². The maximum atomic E-state index is 13.4. The van der Waals surface area contributed by atoms with E-state index in [1.54, 1.807) is 24.3 Å². The number of halogens is 1. The molecule has 1 aliphatic heterocycles. The van der Waals surface area contributed by atoms with Crippen molar-refractivity contribution in [2.75, 3.05) is 6.54 Å². The number of hydrogen-bond donors (Lipinski definition) is 3. The van der Waals surface area contributed by atoms with Crippen molar-refractivity contribution in [2.45, 2.75) is 44.2 Å². The molecule has 1 saturated heterocycles. The van der Waals surface area contributed by atoms with Crippen LogP contribution in [0.15, 0.2) is 42.6 Å². The van der Waals surface area contributed by atoms with Gasteiger partial charge in [-0.05, 0) is 56.4 Å². The Balaban J connectivity index is 1.27. The smallest absolute Gasteiger partial charge is 0.253 e. The average Bonchev–Trinajstić information content (AvgIpc) is 3.18. The van der Waals surface area contributed by atoms with Gasteiger partial charge in [-0.25, -0.2) is 4.39 Å². The normalized spacial score (nSPS) is 23.1. The van der Waals surface area contributed by atoms with E-state index in [-0.39, 0.29) is 35.5 Å². The van der Waals surface area contributed by atoms with Crippen LogP contribution in [0.1, 0.15) is 42.5 Å². The van der Waals surface area contributed by atoms with Crippen molar-refractivity contribution in [2.24, 2.45) is 5.92 Å². The summed E-state index contributed by atoms with van der Waals surface area (Å²) in [6.45, 7) is 0.598. The van der Waals surface area contributed by atoms with Gasteiger partial charge in [0.05, 0.1) is 11.3 Å². The molecule has 1 saturated carbocycles. The van der Waals surface area contributed by atoms with E-state index in [1.165, 1.54) is 18.3 Å². The van der Waals surface area contributed by atoms with Crippen molar-refractivity contribution in [3.8, 4) is 11.3 Å². The summed E-state index contributed by atoms with van der Waals surface area (Å²) in [5.74, 6) is -0.880. The molecular weight excluding hydrogens is 399 g/mol. The largest absolute Gasteiger partial charge is 0.354 e. The molecule has 2 heterocycles. The fraction of sp³-hybridized carbons (Fsp3) is 0.391. The molecule has 2 fully saturated rings. The van der Waals surface area contributed by atoms with Gasteiger partial charge in [-0.1, -0.05) is 12.1 Å². The molecule has 0 radical (unpaired) electrons. The summed E-state index contributed by atoms with van der Waals surface area (Å²) < 4.78 is 13.4. The Morgan fingerprint density at radius 2 is 1.84 bits per heavy atom. The van der Waals surface area contributed by atoms with Crippen molar-refractivity contribution in [1.29, 1.82) is 0 Å². The quantitative estimate of drug-likeness (QED) is 0.685. The third kappa shape index (κ3) is 5.07. The lowest BCUT2D eigenvalue weighted by Crippen LogP contribution is -2.45. The van der Waals surface area contributed by atoms with Crippen molar-refractivity contribution in [3.05, 3.63) is 54.0 Å². The lowest BCUT2D eigenvalue weighted by atomic mass is 9.85. The topological polar surface area (TPSA) is 100 Å². The van der Waals surface area contributed by atoms with Crippen LogP contribution in [0.4, 0.5) is 4.39 Å². The van der Waals surface area contributed by atoms with Crippen molar-refractivity contribution in [3.63, 3.8) is 0 Å². The van der Waals surface area contributed by atoms with Crippen molar-refractivity contribution < 1.29 is 18.8 Å². The molecule has 0 spiro atoms. The molecule has 1 atom stereocenters. The third-order valence-electron chi connectivity index (χ3n) is 5.94. The zero-order valence-corrected chi connectivity index (χ0v) is 17.1. The van der Waals surface area contributed by atoms with Crippen LogP contribution >= 0.6 is 0 Å². The molecule has 3 amide bonds. The average molecular weight is 424 g/mol. The van der Waals surface area contributed by atoms with Gasteiger partial charge < -0.3 is 16.0 Å². The number of hydrogen-bond acceptors (Lipinski definition) is 4. The lowest BCUT2D eigenvalue weighted by molar-refractivity contribution is -0.130. The summed E-state index contributed by atoms with van der Waals surface area (Å²) in [5, 5.41) is 8.55. The van der Waals surface area contributed by atoms with E-state index in [1.807, 2.05) is 0 Å². The first kappa shape index (κ1) is 21.0. The van der Waals surface area contributed by atoms with Crippen LogP contribution in [0.5, 0.6) is 0 Å². The Hall–Kier alpha value is -3.29. The van der Waals surface area contributed by atoms with E-state index in [2.05, 4.69) is 20.9 Å². The van der Waals surface area contributed by atoms with Crippen molar-refractivity contribution in [1.82, 2.24) is 20.9 Å². The second-order valence-corrected chi connectivity index (χ2v) is 8.11. The standard InChI is InChI=1S/C23H25FN4O3/c24-17-3-1-2-15(12-17)19-9-6-16(13-26-19)22(30)27-18-7-4-14(5-8-18)21(29)28-20-10-11-25-23(20)31/h1-3,6,9,12-14,18,20H,4-5,7-8,10-11H2,(H,25,31)(H,27,30)(H,28,29)/t14-,18-,20-/m0/s1. The van der Waals surface area contributed by atoms with Crippen LogP contribution in [0.3, 0.4) is 0 Å². The molecule has 2 aromatic rings. The number of amides is 3. The number of nitrogens with one attached hydrogen (secondary N) is 3. The van der Waals surface area contributed by atoms with Gasteiger partial charge in [0.1, 0.15) is 11.9 Å². The molecule has 3 N–H and O–H groups in total. The molecule has 0 bridgehead atoms. The summed E-state index contributed by atoms with van der Waals surface area (Å²) in [7, 11) is 0. The minimum atomic E-state index is -0.423. The summed E-state index contributed by atoms with van der Waals surface area (Å²) in [5.41, 5.74) is 1.68. The highest BCUT2D eigenvalue weighted by atomic mass is 19.1. The van der Waals surface area contributed by atoms with Gasteiger partial charge in [0, 0.05) is 30.3 Å². The number of pyridine rings is 1. The molecule has 2 aliphatic rings. The van der Waals surface area contributed by atoms with E-state index in [4.69, 9.17) is 0 Å². The summed E-state index contributed by atoms with van der Waals surface area (Å²) in [6.07, 6.45) is 4.86. The van der Waals surface area contributed by atoms with Gasteiger partial charge in [-0.15, -0.1) is 0 Å². The molecule has 1 aromatic carbocycles. The first-order chi connectivity index (χ1) is 15.0. The monoisotopic (exact) mass is 424 g/mol. The molecule has 162 valence electrons. The van der Waals surface area contributed by atoms with Gasteiger partial charge in [-0.2, -0.15) is 0 Å². The molecule has 1 aliphatic carbocycles. The van der Waals surface area contributed by atoms with Gasteiger partial charge in [0.15, 0.2) is 0 Å². The number of carbonyl (C=O) groups excluding carboxylic acids is 3. The SMILES string of the molecule is O=C(N[C@H]1CC[C@H](C(=O)N[C@H]2CCNC2=O)CC1)c1ccc(-c2cccc(F)c2)nc1. The minimum Gasteiger partial charge on any atom is -0.354 e. The Morgan fingerprint density at radius 1 is 1.03 bits per heavy atom. The lowest BCUT2D eigenvalue weighted by Gasteiger charge is -2.29. The van der Waals surface area contributed by atoms with Crippen molar-refractivity contribution >= 4 is 17.7 Å². The Morgan fingerprint density at radius 3 is 2.48 bits per heavy atom. The predicted molar refractivity (Wildman–Crippen MR) is 112 cm³/mol. The predicted octanol–water partition coefficient (Wildman–Crippen LogP) is 2.18. The first-order valence-electron chi connectivity index (χ1n) is 10.6. The van der Waals surface area contributed by atoms with E-state index in [0.29, 0.717) is 55.5 Å². The van der Waals surface area contributed by atoms with Crippen LogP contribution in [-0.2, 0) is 9.59 Å². The molecule has 0 unspecified atom stereocenters. The maximum absolute atomic E-state index is 13.4. The second-order valence-electron chi connectivity index (χ2n) is 8.11. The maximum Gasteiger partial charge on any atom is 0.253 e. The molecule has 1 aromatic heterocycles. The summed E-state index contributed by atoms with van der Waals surface area (Å²) in [4.78, 5) is 40.9. The van der Waals surface area contributed by atoms with Crippen LogP contribution in [-0.4, -0.2) is 41.3 Å². The summed E-state index contributed by atoms with van der Waals surface area (Å²) in [6, 6.07) is 9.09. The molecule has 7 nitrogen and oxygen atoms in total. The van der Waals surface area contributed by atoms with Gasteiger partial charge >= 0.3 is 0 Å². The molecule has 31 heavy (non-hydrogen) atoms. The van der Waals surface area contributed by atoms with E-state index in [0.717, 1.165) is 0 Å². The Bertz CT molecular complexity index is 971. The third-order valence-corrected chi connectivity index (χ3v) is 5.94. The fourth-order valence-corrected chi connectivity index (χ4v) is 4.14. The van der Waals surface area contributed by atoms with Crippen LogP contribution in [0.25, 0.3) is 11.3 Å². The van der Waals surface area contributed by atoms with Gasteiger partial charge in [0.25, 0.3) is 5.91 Å². The van der Waals surface area contributed by atoms with Gasteiger partial charge in [0.2, 0.25) is 11.8 Å². The number of benzene rings is 1. The summed E-state index contributed by atoms with van der Waals surface area (Å²) >= 11 is 0. The number of rotatable bonds is 5. The fourth-order valence-electron chi connectivity index (χ4n) is 4.14.